The summed E-state index contributed by atoms with van der Waals surface area (Å²) in [5.41, 5.74) is 1.34. The fraction of sp³-hybridized carbons (Fsp3) is 0.476. The summed E-state index contributed by atoms with van der Waals surface area (Å²) in [5.74, 6) is 0.204. The Morgan fingerprint density at radius 2 is 2.11 bits per heavy atom. The highest BCUT2D eigenvalue weighted by Crippen LogP contribution is 2.42. The molecule has 2 fully saturated rings. The van der Waals surface area contributed by atoms with Crippen LogP contribution in [-0.4, -0.2) is 40.0 Å². The van der Waals surface area contributed by atoms with Crippen molar-refractivity contribution < 1.29 is 14.1 Å². The van der Waals surface area contributed by atoms with Crippen molar-refractivity contribution in [3.8, 4) is 0 Å². The summed E-state index contributed by atoms with van der Waals surface area (Å²) in [6.07, 6.45) is 7.24. The van der Waals surface area contributed by atoms with E-state index in [1.165, 1.54) is 0 Å². The second-order valence-corrected chi connectivity index (χ2v) is 7.66. The van der Waals surface area contributed by atoms with Crippen molar-refractivity contribution in [2.24, 2.45) is 0 Å². The molecule has 1 aliphatic carbocycles. The Morgan fingerprint density at radius 1 is 1.33 bits per heavy atom. The zero-order valence-electron chi connectivity index (χ0n) is 15.4. The van der Waals surface area contributed by atoms with Gasteiger partial charge in [0, 0.05) is 29.9 Å². The minimum Gasteiger partial charge on any atom is -0.356 e. The molecular weight excluding hydrogens is 342 g/mol. The first kappa shape index (κ1) is 17.8. The van der Waals surface area contributed by atoms with E-state index in [4.69, 9.17) is 4.52 Å². The third-order valence-electron chi connectivity index (χ3n) is 6.05. The lowest BCUT2D eigenvalue weighted by Crippen LogP contribution is -2.51. The summed E-state index contributed by atoms with van der Waals surface area (Å²) < 4.78 is 5.27. The van der Waals surface area contributed by atoms with E-state index in [0.29, 0.717) is 24.2 Å². The second-order valence-electron chi connectivity index (χ2n) is 7.66. The number of benzene rings is 1. The number of aromatic nitrogens is 1. The highest BCUT2D eigenvalue weighted by atomic mass is 16.5. The fourth-order valence-electron chi connectivity index (χ4n) is 4.61. The molecule has 1 aromatic heterocycles. The molecule has 1 saturated carbocycles. The lowest BCUT2D eigenvalue weighted by molar-refractivity contribution is -0.132. The van der Waals surface area contributed by atoms with Crippen LogP contribution < -0.4 is 5.32 Å². The smallest absolute Gasteiger partial charge is 0.226 e. The van der Waals surface area contributed by atoms with Gasteiger partial charge < -0.3 is 14.7 Å². The van der Waals surface area contributed by atoms with Gasteiger partial charge in [0.2, 0.25) is 11.8 Å². The summed E-state index contributed by atoms with van der Waals surface area (Å²) in [6.45, 7) is 4.40. The Balaban J connectivity index is 1.34. The van der Waals surface area contributed by atoms with Gasteiger partial charge >= 0.3 is 0 Å². The molecule has 2 heterocycles. The van der Waals surface area contributed by atoms with Gasteiger partial charge in [-0.3, -0.25) is 9.59 Å². The van der Waals surface area contributed by atoms with Gasteiger partial charge in [-0.1, -0.05) is 23.4 Å². The Morgan fingerprint density at radius 3 is 2.89 bits per heavy atom. The molecule has 1 spiro atoms. The number of amides is 2. The largest absolute Gasteiger partial charge is 0.356 e. The van der Waals surface area contributed by atoms with Crippen molar-refractivity contribution in [2.75, 3.05) is 6.54 Å². The van der Waals surface area contributed by atoms with Gasteiger partial charge in [0.05, 0.1) is 6.42 Å². The van der Waals surface area contributed by atoms with Crippen LogP contribution in [0.3, 0.4) is 0 Å². The van der Waals surface area contributed by atoms with Crippen molar-refractivity contribution in [3.05, 3.63) is 42.6 Å². The third kappa shape index (κ3) is 3.36. The molecule has 27 heavy (non-hydrogen) atoms. The molecule has 2 amide bonds. The highest BCUT2D eigenvalue weighted by Gasteiger charge is 2.46. The zero-order chi connectivity index (χ0) is 18.9. The fourth-order valence-corrected chi connectivity index (χ4v) is 4.61. The van der Waals surface area contributed by atoms with Crippen molar-refractivity contribution >= 4 is 22.8 Å². The van der Waals surface area contributed by atoms with Crippen LogP contribution in [-0.2, 0) is 16.0 Å². The van der Waals surface area contributed by atoms with E-state index < -0.39 is 0 Å². The van der Waals surface area contributed by atoms with Crippen LogP contribution in [0.2, 0.25) is 0 Å². The van der Waals surface area contributed by atoms with Crippen LogP contribution in [0, 0.1) is 0 Å². The first-order valence-corrected chi connectivity index (χ1v) is 9.65. The average Bonchev–Trinajstić information content (AvgIpc) is 3.21. The van der Waals surface area contributed by atoms with Crippen LogP contribution in [0.4, 0.5) is 0 Å². The van der Waals surface area contributed by atoms with Crippen LogP contribution in [0.15, 0.2) is 41.4 Å². The Bertz CT molecular complexity index is 864. The maximum absolute atomic E-state index is 12.5. The Hall–Kier alpha value is -2.63. The van der Waals surface area contributed by atoms with Gasteiger partial charge in [-0.25, -0.2) is 0 Å². The maximum atomic E-state index is 12.5. The first-order chi connectivity index (χ1) is 13.1. The number of carbonyl (C=O) groups is 2. The number of fused-ring (bicyclic) bond motifs is 1. The standard InChI is InChI=1S/C21H25N3O3/c1-2-13-24-20(26)9-12-21(24)10-7-15(8-11-21)22-19(25)14-17-16-5-3-4-6-18(16)27-23-17/h2-6,15H,1,7-14H2,(H,22,25). The van der Waals surface area contributed by atoms with Crippen molar-refractivity contribution in [3.63, 3.8) is 0 Å². The molecule has 6 heteroatoms. The first-order valence-electron chi connectivity index (χ1n) is 9.65. The Kier molecular flexibility index (Phi) is 4.72. The van der Waals surface area contributed by atoms with Crippen molar-refractivity contribution in [1.29, 1.82) is 0 Å². The number of hydrogen-bond acceptors (Lipinski definition) is 4. The van der Waals surface area contributed by atoms with Gasteiger partial charge in [0.15, 0.2) is 5.58 Å². The van der Waals surface area contributed by atoms with Crippen LogP contribution in [0.25, 0.3) is 11.0 Å². The molecule has 2 aromatic rings. The molecule has 4 rings (SSSR count). The van der Waals surface area contributed by atoms with E-state index in [0.717, 1.165) is 37.5 Å². The SMILES string of the molecule is C=CCN1C(=O)CCC12CCC(NC(=O)Cc1noc3ccccc13)CC2. The lowest BCUT2D eigenvalue weighted by Gasteiger charge is -2.43. The number of para-hydroxylation sites is 1. The zero-order valence-corrected chi connectivity index (χ0v) is 15.4. The number of nitrogens with one attached hydrogen (secondary N) is 1. The number of carbonyl (C=O) groups excluding carboxylic acids is 2. The van der Waals surface area contributed by atoms with E-state index in [1.54, 1.807) is 6.08 Å². The molecule has 0 atom stereocenters. The van der Waals surface area contributed by atoms with Gasteiger partial charge in [0.1, 0.15) is 5.69 Å². The average molecular weight is 367 g/mol. The second kappa shape index (κ2) is 7.18. The number of nitrogens with zero attached hydrogens (tertiary/aromatic N) is 2. The number of rotatable bonds is 5. The van der Waals surface area contributed by atoms with Gasteiger partial charge in [-0.15, -0.1) is 6.58 Å². The van der Waals surface area contributed by atoms with Crippen molar-refractivity contribution in [2.45, 2.75) is 56.5 Å². The number of hydrogen-bond donors (Lipinski definition) is 1. The van der Waals surface area contributed by atoms with Crippen LogP contribution >= 0.6 is 0 Å². The molecule has 0 unspecified atom stereocenters. The van der Waals surface area contributed by atoms with E-state index >= 15 is 0 Å². The van der Waals surface area contributed by atoms with Gasteiger partial charge in [0.25, 0.3) is 0 Å². The summed E-state index contributed by atoms with van der Waals surface area (Å²) in [6, 6.07) is 7.73. The summed E-state index contributed by atoms with van der Waals surface area (Å²) in [4.78, 5) is 26.7. The quantitative estimate of drug-likeness (QED) is 0.825. The summed E-state index contributed by atoms with van der Waals surface area (Å²) in [5, 5.41) is 8.07. The summed E-state index contributed by atoms with van der Waals surface area (Å²) >= 11 is 0. The van der Waals surface area contributed by atoms with Gasteiger partial charge in [-0.05, 0) is 44.2 Å². The molecule has 142 valence electrons. The van der Waals surface area contributed by atoms with Crippen LogP contribution in [0.5, 0.6) is 0 Å². The monoisotopic (exact) mass is 367 g/mol. The molecule has 1 N–H and O–H groups in total. The van der Waals surface area contributed by atoms with Gasteiger partial charge in [-0.2, -0.15) is 0 Å². The number of likely N-dealkylation sites (tertiary alicyclic amines) is 1. The summed E-state index contributed by atoms with van der Waals surface area (Å²) in [7, 11) is 0. The Labute approximate surface area is 158 Å². The van der Waals surface area contributed by atoms with Crippen LogP contribution in [0.1, 0.15) is 44.2 Å². The molecular formula is C21H25N3O3. The maximum Gasteiger partial charge on any atom is 0.226 e. The molecule has 1 saturated heterocycles. The molecule has 1 aliphatic heterocycles. The molecule has 6 nitrogen and oxygen atoms in total. The normalized spacial score (nSPS) is 25.3. The molecule has 0 bridgehead atoms. The minimum atomic E-state index is -0.0329. The minimum absolute atomic E-state index is 0.0274. The topological polar surface area (TPSA) is 75.4 Å². The highest BCUT2D eigenvalue weighted by molar-refractivity contribution is 5.86. The molecule has 2 aliphatic rings. The predicted molar refractivity (Wildman–Crippen MR) is 102 cm³/mol. The molecule has 1 aromatic carbocycles. The lowest BCUT2D eigenvalue weighted by atomic mass is 9.77. The van der Waals surface area contributed by atoms with E-state index in [9.17, 15) is 9.59 Å². The van der Waals surface area contributed by atoms with Crippen molar-refractivity contribution in [1.82, 2.24) is 15.4 Å². The van der Waals surface area contributed by atoms with E-state index in [-0.39, 0.29) is 29.8 Å². The van der Waals surface area contributed by atoms with E-state index in [2.05, 4.69) is 17.1 Å². The molecule has 0 radical (unpaired) electrons. The van der Waals surface area contributed by atoms with E-state index in [1.807, 2.05) is 29.2 Å². The predicted octanol–water partition coefficient (Wildman–Crippen LogP) is 2.98. The third-order valence-corrected chi connectivity index (χ3v) is 6.05.